The summed E-state index contributed by atoms with van der Waals surface area (Å²) in [6.45, 7) is 3.95. The minimum Gasteiger partial charge on any atom is -0.496 e. The number of aryl methyl sites for hydroxylation is 1. The molecule has 0 unspecified atom stereocenters. The molecule has 0 aliphatic heterocycles. The zero-order valence-corrected chi connectivity index (χ0v) is 9.48. The predicted molar refractivity (Wildman–Crippen MR) is 57.2 cm³/mol. The molecule has 2 aromatic heterocycles. The lowest BCUT2D eigenvalue weighted by atomic mass is 10.1. The Hall–Kier alpha value is -1.98. The van der Waals surface area contributed by atoms with E-state index < -0.39 is 0 Å². The number of ether oxygens (including phenoxy) is 1. The van der Waals surface area contributed by atoms with Crippen molar-refractivity contribution in [1.29, 1.82) is 0 Å². The largest absolute Gasteiger partial charge is 0.496 e. The zero-order chi connectivity index (χ0) is 11.5. The molecule has 0 saturated heterocycles. The summed E-state index contributed by atoms with van der Waals surface area (Å²) in [5, 5.41) is 13.7. The SMILES string of the molecule is COc1c(C)cnc(Cc2nn[nH]n2)c1C. The van der Waals surface area contributed by atoms with Crippen molar-refractivity contribution in [1.82, 2.24) is 25.6 Å². The van der Waals surface area contributed by atoms with Gasteiger partial charge in [-0.3, -0.25) is 4.98 Å². The van der Waals surface area contributed by atoms with Crippen LogP contribution in [-0.2, 0) is 6.42 Å². The minimum atomic E-state index is 0.555. The van der Waals surface area contributed by atoms with Gasteiger partial charge in [-0.1, -0.05) is 5.21 Å². The number of rotatable bonds is 3. The molecule has 0 atom stereocenters. The van der Waals surface area contributed by atoms with E-state index in [9.17, 15) is 0 Å². The molecule has 0 amide bonds. The molecule has 0 radical (unpaired) electrons. The third-order valence-corrected chi connectivity index (χ3v) is 2.46. The molecule has 6 nitrogen and oxygen atoms in total. The van der Waals surface area contributed by atoms with Crippen molar-refractivity contribution >= 4 is 0 Å². The van der Waals surface area contributed by atoms with Gasteiger partial charge in [-0.15, -0.1) is 10.2 Å². The van der Waals surface area contributed by atoms with Gasteiger partial charge in [-0.2, -0.15) is 5.21 Å². The smallest absolute Gasteiger partial charge is 0.180 e. The molecule has 0 fully saturated rings. The molecule has 0 saturated carbocycles. The number of aromatic nitrogens is 5. The fourth-order valence-electron chi connectivity index (χ4n) is 1.66. The molecule has 0 aromatic carbocycles. The molecule has 0 bridgehead atoms. The molecule has 1 N–H and O–H groups in total. The van der Waals surface area contributed by atoms with E-state index >= 15 is 0 Å². The molecular weight excluding hydrogens is 206 g/mol. The summed E-state index contributed by atoms with van der Waals surface area (Å²) in [6, 6.07) is 0. The number of hydrogen-bond donors (Lipinski definition) is 1. The number of nitrogens with one attached hydrogen (secondary N) is 1. The third kappa shape index (κ3) is 1.86. The molecule has 2 heterocycles. The van der Waals surface area contributed by atoms with E-state index in [2.05, 4.69) is 25.6 Å². The molecule has 0 aliphatic rings. The van der Waals surface area contributed by atoms with Gasteiger partial charge < -0.3 is 4.74 Å². The van der Waals surface area contributed by atoms with E-state index in [0.717, 1.165) is 22.6 Å². The van der Waals surface area contributed by atoms with Crippen molar-refractivity contribution in [3.8, 4) is 5.75 Å². The molecule has 0 aliphatic carbocycles. The van der Waals surface area contributed by atoms with Crippen LogP contribution in [0.4, 0.5) is 0 Å². The van der Waals surface area contributed by atoms with E-state index in [1.54, 1.807) is 13.3 Å². The number of aromatic amines is 1. The molecule has 16 heavy (non-hydrogen) atoms. The Kier molecular flexibility index (Phi) is 2.80. The number of nitrogens with zero attached hydrogens (tertiary/aromatic N) is 4. The van der Waals surface area contributed by atoms with Gasteiger partial charge in [0.25, 0.3) is 0 Å². The van der Waals surface area contributed by atoms with E-state index in [0.29, 0.717) is 12.2 Å². The average molecular weight is 219 g/mol. The second-order valence-corrected chi connectivity index (χ2v) is 3.55. The van der Waals surface area contributed by atoms with E-state index in [-0.39, 0.29) is 0 Å². The number of pyridine rings is 1. The Morgan fingerprint density at radius 3 is 2.81 bits per heavy atom. The Labute approximate surface area is 93.1 Å². The first-order valence-corrected chi connectivity index (χ1v) is 4.93. The summed E-state index contributed by atoms with van der Waals surface area (Å²) in [6.07, 6.45) is 2.35. The van der Waals surface area contributed by atoms with E-state index in [1.165, 1.54) is 0 Å². The van der Waals surface area contributed by atoms with Crippen LogP contribution in [0, 0.1) is 13.8 Å². The van der Waals surface area contributed by atoms with Crippen molar-refractivity contribution in [3.05, 3.63) is 28.8 Å². The lowest BCUT2D eigenvalue weighted by molar-refractivity contribution is 0.407. The molecule has 6 heteroatoms. The maximum Gasteiger partial charge on any atom is 0.180 e. The van der Waals surface area contributed by atoms with Crippen molar-refractivity contribution in [3.63, 3.8) is 0 Å². The van der Waals surface area contributed by atoms with Gasteiger partial charge in [0.1, 0.15) is 5.75 Å². The summed E-state index contributed by atoms with van der Waals surface area (Å²) in [5.74, 6) is 1.50. The maximum atomic E-state index is 5.33. The van der Waals surface area contributed by atoms with Crippen LogP contribution in [-0.4, -0.2) is 32.7 Å². The van der Waals surface area contributed by atoms with Crippen molar-refractivity contribution in [2.75, 3.05) is 7.11 Å². The van der Waals surface area contributed by atoms with Crippen LogP contribution in [0.15, 0.2) is 6.20 Å². The molecule has 0 spiro atoms. The summed E-state index contributed by atoms with van der Waals surface area (Å²) in [4.78, 5) is 4.36. The lowest BCUT2D eigenvalue weighted by Crippen LogP contribution is -2.02. The van der Waals surface area contributed by atoms with Crippen molar-refractivity contribution in [2.24, 2.45) is 0 Å². The highest BCUT2D eigenvalue weighted by atomic mass is 16.5. The number of tetrazole rings is 1. The zero-order valence-electron chi connectivity index (χ0n) is 9.48. The predicted octanol–water partition coefficient (Wildman–Crippen LogP) is 0.811. The monoisotopic (exact) mass is 219 g/mol. The number of methoxy groups -OCH3 is 1. The highest BCUT2D eigenvalue weighted by Gasteiger charge is 2.11. The summed E-state index contributed by atoms with van der Waals surface area (Å²) >= 11 is 0. The third-order valence-electron chi connectivity index (χ3n) is 2.46. The fraction of sp³-hybridized carbons (Fsp3) is 0.400. The van der Waals surface area contributed by atoms with Crippen LogP contribution in [0.25, 0.3) is 0 Å². The summed E-state index contributed by atoms with van der Waals surface area (Å²) in [5.41, 5.74) is 2.95. The standard InChI is InChI=1S/C10H13N5O/c1-6-5-11-8(7(2)10(6)16-3)4-9-12-14-15-13-9/h5H,4H2,1-3H3,(H,12,13,14,15). The van der Waals surface area contributed by atoms with Crippen LogP contribution in [0.2, 0.25) is 0 Å². The minimum absolute atomic E-state index is 0.555. The van der Waals surface area contributed by atoms with Gasteiger partial charge in [0.05, 0.1) is 19.2 Å². The molecule has 2 aromatic rings. The Bertz CT molecular complexity index is 480. The highest BCUT2D eigenvalue weighted by molar-refractivity contribution is 5.41. The maximum absolute atomic E-state index is 5.33. The van der Waals surface area contributed by atoms with Gasteiger partial charge in [-0.25, -0.2) is 0 Å². The summed E-state index contributed by atoms with van der Waals surface area (Å²) in [7, 11) is 1.66. The summed E-state index contributed by atoms with van der Waals surface area (Å²) < 4.78 is 5.33. The second kappa shape index (κ2) is 4.26. The van der Waals surface area contributed by atoms with Gasteiger partial charge in [0.2, 0.25) is 0 Å². The Balaban J connectivity index is 2.35. The molecular formula is C10H13N5O. The van der Waals surface area contributed by atoms with Crippen LogP contribution >= 0.6 is 0 Å². The van der Waals surface area contributed by atoms with E-state index in [1.807, 2.05) is 13.8 Å². The number of hydrogen-bond acceptors (Lipinski definition) is 5. The first-order chi connectivity index (χ1) is 7.72. The highest BCUT2D eigenvalue weighted by Crippen LogP contribution is 2.24. The van der Waals surface area contributed by atoms with Crippen LogP contribution in [0.1, 0.15) is 22.6 Å². The van der Waals surface area contributed by atoms with Crippen LogP contribution < -0.4 is 4.74 Å². The first-order valence-electron chi connectivity index (χ1n) is 4.93. The first kappa shape index (κ1) is 10.5. The van der Waals surface area contributed by atoms with Gasteiger partial charge >= 0.3 is 0 Å². The van der Waals surface area contributed by atoms with Crippen molar-refractivity contribution < 1.29 is 4.74 Å². The lowest BCUT2D eigenvalue weighted by Gasteiger charge is -2.10. The van der Waals surface area contributed by atoms with Gasteiger partial charge in [-0.05, 0) is 13.8 Å². The quantitative estimate of drug-likeness (QED) is 0.826. The number of H-pyrrole nitrogens is 1. The topological polar surface area (TPSA) is 76.6 Å². The fourth-order valence-corrected chi connectivity index (χ4v) is 1.66. The van der Waals surface area contributed by atoms with Gasteiger partial charge in [0.15, 0.2) is 5.82 Å². The average Bonchev–Trinajstić information content (AvgIpc) is 2.76. The Morgan fingerprint density at radius 2 is 2.19 bits per heavy atom. The molecule has 2 rings (SSSR count). The van der Waals surface area contributed by atoms with Crippen LogP contribution in [0.5, 0.6) is 5.75 Å². The van der Waals surface area contributed by atoms with Crippen molar-refractivity contribution in [2.45, 2.75) is 20.3 Å². The normalized spacial score (nSPS) is 10.4. The van der Waals surface area contributed by atoms with Gasteiger partial charge in [0, 0.05) is 17.3 Å². The molecule has 84 valence electrons. The Morgan fingerprint density at radius 1 is 1.38 bits per heavy atom. The van der Waals surface area contributed by atoms with Crippen LogP contribution in [0.3, 0.4) is 0 Å². The second-order valence-electron chi connectivity index (χ2n) is 3.55. The van der Waals surface area contributed by atoms with E-state index in [4.69, 9.17) is 4.74 Å².